The van der Waals surface area contributed by atoms with Crippen LogP contribution in [0.4, 0.5) is 0 Å². The first-order valence-corrected chi connectivity index (χ1v) is 38.0. The standard InChI is InChI=1S/3C18H33OSi.O.V/c3*19-20(16-10-4-1-5-11-16,17-12-6-2-7-13-17)18-14-8-3-9-15-18;;/h3*16-18H,1-15H2;;/q3*-1;;+3. The van der Waals surface area contributed by atoms with Gasteiger partial charge in [0.2, 0.25) is 0 Å². The van der Waals surface area contributed by atoms with Gasteiger partial charge in [-0.1, -0.05) is 0 Å². The van der Waals surface area contributed by atoms with E-state index in [1.807, 2.05) is 0 Å². The summed E-state index contributed by atoms with van der Waals surface area (Å²) in [5.41, 5.74) is 5.95. The first-order chi connectivity index (χ1) is 30.6. The summed E-state index contributed by atoms with van der Waals surface area (Å²) in [4.78, 5) is 0. The molecule has 0 heterocycles. The topological polar surface area (TPSA) is 44.8 Å². The fourth-order valence-corrected chi connectivity index (χ4v) is 52.3. The van der Waals surface area contributed by atoms with Crippen molar-refractivity contribution in [1.29, 1.82) is 0 Å². The molecular weight excluding hydrogens is 848 g/mol. The zero-order valence-electron chi connectivity index (χ0n) is 40.6. The van der Waals surface area contributed by atoms with Gasteiger partial charge in [0.25, 0.3) is 0 Å². The molecule has 62 heavy (non-hydrogen) atoms. The van der Waals surface area contributed by atoms with Crippen molar-refractivity contribution >= 4 is 25.0 Å². The second-order valence-corrected chi connectivity index (χ2v) is 41.3. The molecule has 9 saturated carbocycles. The first-order valence-electron chi connectivity index (χ1n) is 29.3. The van der Waals surface area contributed by atoms with Crippen molar-refractivity contribution in [2.24, 2.45) is 0 Å². The molecule has 8 heteroatoms. The summed E-state index contributed by atoms with van der Waals surface area (Å²) < 4.78 is 45.2. The molecule has 9 aliphatic rings. The summed E-state index contributed by atoms with van der Waals surface area (Å²) in [5, 5.41) is 0. The van der Waals surface area contributed by atoms with Crippen LogP contribution in [-0.4, -0.2) is 25.0 Å². The van der Waals surface area contributed by atoms with Crippen LogP contribution in [0.5, 0.6) is 0 Å². The molecule has 0 atom stereocenters. The van der Waals surface area contributed by atoms with E-state index < -0.39 is 40.0 Å². The predicted molar refractivity (Wildman–Crippen MR) is 263 cm³/mol. The predicted octanol–water partition coefficient (Wildman–Crippen LogP) is 19.1. The van der Waals surface area contributed by atoms with Crippen LogP contribution in [0.1, 0.15) is 289 Å². The van der Waals surface area contributed by atoms with E-state index in [-0.39, 0.29) is 0 Å². The second-order valence-electron chi connectivity index (χ2n) is 24.3. The van der Waals surface area contributed by atoms with Crippen LogP contribution < -0.4 is 0 Å². The van der Waals surface area contributed by atoms with Crippen molar-refractivity contribution in [1.82, 2.24) is 0 Å². The number of hydrogen-bond donors (Lipinski definition) is 0. The SMILES string of the molecule is [O]=[V]([O][Si](C1CCCCC1)(C1CCCCC1)C1CCCCC1)([O][Si](C1CCCCC1)(C1CCCCC1)C1CCCCC1)[O][Si](C1CCCCC1)(C1CCCCC1)C1CCCCC1. The maximum absolute atomic E-state index is 18.5. The summed E-state index contributed by atoms with van der Waals surface area (Å²) in [6.07, 6.45) is 61.6. The quantitative estimate of drug-likeness (QED) is 0.153. The molecule has 0 radical (unpaired) electrons. The van der Waals surface area contributed by atoms with Crippen LogP contribution in [0, 0.1) is 0 Å². The van der Waals surface area contributed by atoms with Gasteiger partial charge in [0.15, 0.2) is 0 Å². The molecule has 0 aromatic heterocycles. The van der Waals surface area contributed by atoms with E-state index in [1.54, 1.807) is 0 Å². The normalized spacial score (nSPS) is 29.0. The van der Waals surface area contributed by atoms with Crippen LogP contribution in [-0.2, 0) is 28.8 Å². The Labute approximate surface area is 390 Å². The van der Waals surface area contributed by atoms with Crippen LogP contribution in [0.15, 0.2) is 0 Å². The van der Waals surface area contributed by atoms with Crippen LogP contribution in [0.3, 0.4) is 0 Å². The van der Waals surface area contributed by atoms with E-state index in [0.29, 0.717) is 49.9 Å². The summed E-state index contributed by atoms with van der Waals surface area (Å²) >= 11 is -5.04. The zero-order valence-corrected chi connectivity index (χ0v) is 45.0. The van der Waals surface area contributed by atoms with Gasteiger partial charge in [-0.25, -0.2) is 0 Å². The van der Waals surface area contributed by atoms with Gasteiger partial charge >= 0.3 is 393 Å². The Kier molecular flexibility index (Phi) is 17.8. The van der Waals surface area contributed by atoms with E-state index in [0.717, 1.165) is 0 Å². The van der Waals surface area contributed by atoms with Gasteiger partial charge in [0.1, 0.15) is 0 Å². The van der Waals surface area contributed by atoms with E-state index in [2.05, 4.69) is 0 Å². The average molecular weight is 948 g/mol. The van der Waals surface area contributed by atoms with Gasteiger partial charge in [0.05, 0.1) is 0 Å². The average Bonchev–Trinajstić information content (AvgIpc) is 3.37. The molecule has 0 spiro atoms. The Morgan fingerprint density at radius 3 is 0.435 bits per heavy atom. The zero-order chi connectivity index (χ0) is 42.1. The third-order valence-electron chi connectivity index (χ3n) is 21.0. The molecule has 4 nitrogen and oxygen atoms in total. The molecule has 0 saturated heterocycles. The Hall–Kier alpha value is 0.915. The van der Waals surface area contributed by atoms with Gasteiger partial charge in [-0.05, 0) is 0 Å². The van der Waals surface area contributed by atoms with Gasteiger partial charge in [-0.3, -0.25) is 0 Å². The Bertz CT molecular complexity index is 1060. The summed E-state index contributed by atoms with van der Waals surface area (Å²) in [5.74, 6) is 0. The molecule has 0 aromatic carbocycles. The molecule has 9 fully saturated rings. The minimum atomic E-state index is -5.04. The molecule has 0 aromatic rings. The van der Waals surface area contributed by atoms with Crippen molar-refractivity contribution < 1.29 is 28.8 Å². The van der Waals surface area contributed by atoms with Gasteiger partial charge in [-0.15, -0.1) is 0 Å². The van der Waals surface area contributed by atoms with Crippen LogP contribution >= 0.6 is 0 Å². The summed E-state index contributed by atoms with van der Waals surface area (Å²) in [6, 6.07) is 0. The fraction of sp³-hybridized carbons (Fsp3) is 1.00. The molecule has 0 N–H and O–H groups in total. The van der Waals surface area contributed by atoms with E-state index >= 15 is 3.67 Å². The number of rotatable bonds is 15. The second kappa shape index (κ2) is 23.0. The molecule has 356 valence electrons. The van der Waals surface area contributed by atoms with E-state index in [1.165, 1.54) is 289 Å². The van der Waals surface area contributed by atoms with Gasteiger partial charge in [0, 0.05) is 0 Å². The van der Waals surface area contributed by atoms with Gasteiger partial charge < -0.3 is 0 Å². The monoisotopic (exact) mass is 947 g/mol. The molecule has 0 bridgehead atoms. The first kappa shape index (κ1) is 48.0. The summed E-state index contributed by atoms with van der Waals surface area (Å²) in [7, 11) is -8.00. The number of hydrogen-bond acceptors (Lipinski definition) is 4. The van der Waals surface area contributed by atoms with Crippen molar-refractivity contribution in [3.8, 4) is 0 Å². The van der Waals surface area contributed by atoms with Crippen molar-refractivity contribution in [2.45, 2.75) is 339 Å². The van der Waals surface area contributed by atoms with Crippen LogP contribution in [0.25, 0.3) is 0 Å². The Balaban J connectivity index is 1.26. The fourth-order valence-electron chi connectivity index (χ4n) is 18.3. The molecule has 9 aliphatic carbocycles. The molecule has 0 unspecified atom stereocenters. The van der Waals surface area contributed by atoms with Crippen molar-refractivity contribution in [3.63, 3.8) is 0 Å². The summed E-state index contributed by atoms with van der Waals surface area (Å²) in [6.45, 7) is 0. The molecule has 0 aliphatic heterocycles. The Morgan fingerprint density at radius 1 is 0.210 bits per heavy atom. The van der Waals surface area contributed by atoms with Crippen molar-refractivity contribution in [3.05, 3.63) is 0 Å². The van der Waals surface area contributed by atoms with E-state index in [9.17, 15) is 0 Å². The van der Waals surface area contributed by atoms with Crippen molar-refractivity contribution in [2.75, 3.05) is 0 Å². The minimum absolute atomic E-state index is 0.662. The Morgan fingerprint density at radius 2 is 0.323 bits per heavy atom. The molecule has 9 rings (SSSR count). The third-order valence-corrected chi connectivity index (χ3v) is 46.9. The van der Waals surface area contributed by atoms with Crippen LogP contribution in [0.2, 0.25) is 49.9 Å². The molecular formula is C54H99O4Si3V. The van der Waals surface area contributed by atoms with E-state index in [4.69, 9.17) is 10.1 Å². The van der Waals surface area contributed by atoms with Gasteiger partial charge in [-0.2, -0.15) is 0 Å². The molecule has 0 amide bonds. The maximum atomic E-state index is 18.5. The third kappa shape index (κ3) is 10.4.